The molecule has 0 aromatic rings. The smallest absolute Gasteiger partial charge is 0.112 e. The molecule has 0 aliphatic heterocycles. The van der Waals surface area contributed by atoms with Crippen molar-refractivity contribution in [1.29, 1.82) is 0 Å². The molecule has 0 saturated heterocycles. The number of aliphatic hydroxyl groups excluding tert-OH is 1. The first kappa shape index (κ1) is 16.6. The Morgan fingerprint density at radius 2 is 1.94 bits per heavy atom. The largest absolute Gasteiger partial charge is 0.404 e. The molecule has 17 heavy (non-hydrogen) atoms. The lowest BCUT2D eigenvalue weighted by molar-refractivity contribution is 0.259. The molecule has 0 aromatic heterocycles. The van der Waals surface area contributed by atoms with Crippen molar-refractivity contribution in [3.05, 3.63) is 23.5 Å². The number of nitrogens with two attached hydrogens (primary N) is 2. The van der Waals surface area contributed by atoms with Crippen molar-refractivity contribution in [1.82, 2.24) is 0 Å². The van der Waals surface area contributed by atoms with Crippen LogP contribution in [0.5, 0.6) is 0 Å². The van der Waals surface area contributed by atoms with Gasteiger partial charge in [-0.3, -0.25) is 9.98 Å². The lowest BCUT2D eigenvalue weighted by atomic mass is 10.1. The molecule has 5 N–H and O–H groups in total. The van der Waals surface area contributed by atoms with Crippen LogP contribution in [-0.2, 0) is 0 Å². The Labute approximate surface area is 123 Å². The van der Waals surface area contributed by atoms with Crippen LogP contribution in [0.1, 0.15) is 6.92 Å². The quantitative estimate of drug-likeness (QED) is 0.467. The summed E-state index contributed by atoms with van der Waals surface area (Å²) in [6.45, 7) is 2.52. The third-order valence-electron chi connectivity index (χ3n) is 1.92. The van der Waals surface area contributed by atoms with Gasteiger partial charge in [0.25, 0.3) is 0 Å². The summed E-state index contributed by atoms with van der Waals surface area (Å²) >= 11 is 5.24. The van der Waals surface area contributed by atoms with E-state index < -0.39 is 6.10 Å². The van der Waals surface area contributed by atoms with Crippen LogP contribution in [0.25, 0.3) is 0 Å². The fraction of sp³-hybridized carbons (Fsp3) is 0.400. The van der Waals surface area contributed by atoms with E-state index in [-0.39, 0.29) is 0 Å². The molecule has 0 fully saturated rings. The van der Waals surface area contributed by atoms with Gasteiger partial charge in [0.15, 0.2) is 0 Å². The Hall–Kier alpha value is -0.410. The molecule has 0 radical (unpaired) electrons. The van der Waals surface area contributed by atoms with E-state index >= 15 is 0 Å². The van der Waals surface area contributed by atoms with Crippen LogP contribution < -0.4 is 11.5 Å². The van der Waals surface area contributed by atoms with Crippen molar-refractivity contribution in [3.8, 4) is 0 Å². The first-order valence-corrected chi connectivity index (χ1v) is 6.75. The zero-order valence-corrected chi connectivity index (χ0v) is 13.4. The number of rotatable bonds is 5. The Bertz CT molecular complexity index is 377. The summed E-state index contributed by atoms with van der Waals surface area (Å²) < 4.78 is 1.13. The van der Waals surface area contributed by atoms with Gasteiger partial charge in [-0.25, -0.2) is 0 Å². The summed E-state index contributed by atoms with van der Waals surface area (Å²) in [5.41, 5.74) is 11.9. The van der Waals surface area contributed by atoms with Crippen molar-refractivity contribution in [2.24, 2.45) is 21.5 Å². The fourth-order valence-corrected chi connectivity index (χ4v) is 2.24. The monoisotopic (exact) mass is 414 g/mol. The van der Waals surface area contributed by atoms with E-state index in [9.17, 15) is 5.11 Å². The summed E-state index contributed by atoms with van der Waals surface area (Å²) in [6.07, 6.45) is 1.66. The predicted octanol–water partition coefficient (Wildman–Crippen LogP) is 1.31. The molecule has 96 valence electrons. The van der Waals surface area contributed by atoms with Crippen molar-refractivity contribution in [3.63, 3.8) is 0 Å². The van der Waals surface area contributed by atoms with Crippen LogP contribution in [0, 0.1) is 0 Å². The van der Waals surface area contributed by atoms with Gasteiger partial charge >= 0.3 is 0 Å². The third kappa shape index (κ3) is 4.76. The Balaban J connectivity index is 5.27. The number of hydrogen-bond donors (Lipinski definition) is 3. The lowest BCUT2D eigenvalue weighted by Crippen LogP contribution is -2.23. The molecule has 0 aromatic carbocycles. The number of nitrogens with zero attached hydrogens (tertiary/aromatic N) is 2. The average Bonchev–Trinajstić information content (AvgIpc) is 2.31. The molecular weight excluding hydrogens is 399 g/mol. The maximum atomic E-state index is 10.2. The summed E-state index contributed by atoms with van der Waals surface area (Å²) in [4.78, 5) is 8.11. The molecule has 0 rings (SSSR count). The molecule has 0 heterocycles. The molecule has 0 spiro atoms. The minimum absolute atomic E-state index is 0.449. The van der Waals surface area contributed by atoms with Gasteiger partial charge in [-0.05, 0) is 45.4 Å². The highest BCUT2D eigenvalue weighted by Crippen LogP contribution is 2.19. The predicted molar refractivity (Wildman–Crippen MR) is 84.8 cm³/mol. The number of aliphatic imine (C=N–C) groups is 2. The van der Waals surface area contributed by atoms with Crippen LogP contribution in [0.3, 0.4) is 0 Å². The van der Waals surface area contributed by atoms with Gasteiger partial charge in [-0.1, -0.05) is 0 Å². The minimum Gasteiger partial charge on any atom is -0.404 e. The number of aliphatic hydroxyl groups is 1. The minimum atomic E-state index is -0.953. The van der Waals surface area contributed by atoms with Crippen molar-refractivity contribution >= 4 is 46.9 Å². The first-order chi connectivity index (χ1) is 8.03. The normalized spacial score (nSPS) is 17.2. The second-order valence-electron chi connectivity index (χ2n) is 2.93. The van der Waals surface area contributed by atoms with Gasteiger partial charge in [0.05, 0.1) is 0 Å². The maximum absolute atomic E-state index is 10.2. The second kappa shape index (κ2) is 8.65. The van der Waals surface area contributed by atoms with Crippen LogP contribution in [0.15, 0.2) is 33.5 Å². The third-order valence-corrected chi connectivity index (χ3v) is 3.69. The summed E-state index contributed by atoms with van der Waals surface area (Å²) in [5, 5.41) is 10.2. The van der Waals surface area contributed by atoms with Gasteiger partial charge in [-0.2, -0.15) is 0 Å². The zero-order valence-electron chi connectivity index (χ0n) is 9.69. The maximum Gasteiger partial charge on any atom is 0.112 e. The van der Waals surface area contributed by atoms with Crippen molar-refractivity contribution in [2.45, 2.75) is 13.0 Å². The lowest BCUT2D eigenvalue weighted by Gasteiger charge is -2.16. The number of hydrogen-bond acceptors (Lipinski definition) is 5. The Morgan fingerprint density at radius 3 is 2.29 bits per heavy atom. The van der Waals surface area contributed by atoms with Crippen LogP contribution in [-0.4, -0.2) is 33.1 Å². The Kier molecular flexibility index (Phi) is 8.44. The molecule has 0 saturated carbocycles. The highest BCUT2D eigenvalue weighted by atomic mass is 127. The van der Waals surface area contributed by atoms with Gasteiger partial charge in [0, 0.05) is 37.1 Å². The fourth-order valence-electron chi connectivity index (χ4n) is 1.07. The van der Waals surface area contributed by atoms with Gasteiger partial charge in [0.1, 0.15) is 14.4 Å². The SMILES string of the molecule is CCN=C(I)C(=CN)C(O)C(=CN)C(Br)=NC. The van der Waals surface area contributed by atoms with Crippen LogP contribution >= 0.6 is 38.5 Å². The van der Waals surface area contributed by atoms with E-state index in [1.165, 1.54) is 12.4 Å². The topological polar surface area (TPSA) is 97.0 Å². The molecule has 0 bridgehead atoms. The van der Waals surface area contributed by atoms with Crippen molar-refractivity contribution < 1.29 is 5.11 Å². The van der Waals surface area contributed by atoms with E-state index in [2.05, 4.69) is 25.9 Å². The van der Waals surface area contributed by atoms with Gasteiger partial charge in [0.2, 0.25) is 0 Å². The molecule has 7 heteroatoms. The van der Waals surface area contributed by atoms with Crippen LogP contribution in [0.4, 0.5) is 0 Å². The molecule has 5 nitrogen and oxygen atoms in total. The van der Waals surface area contributed by atoms with E-state index in [1.54, 1.807) is 7.05 Å². The summed E-state index contributed by atoms with van der Waals surface area (Å²) in [6, 6.07) is 0. The molecule has 0 amide bonds. The summed E-state index contributed by atoms with van der Waals surface area (Å²) in [5.74, 6) is 0. The van der Waals surface area contributed by atoms with Crippen molar-refractivity contribution in [2.75, 3.05) is 13.6 Å². The second-order valence-corrected chi connectivity index (χ2v) is 4.70. The molecular formula is C10H16BrIN4O. The summed E-state index contributed by atoms with van der Waals surface area (Å²) in [7, 11) is 1.59. The molecule has 1 atom stereocenters. The van der Waals surface area contributed by atoms with E-state index in [0.29, 0.717) is 26.0 Å². The highest BCUT2D eigenvalue weighted by molar-refractivity contribution is 14.1. The van der Waals surface area contributed by atoms with Crippen LogP contribution in [0.2, 0.25) is 0 Å². The standard InChI is InChI=1S/C10H16BrIN4O/c1-3-16-10(12)7(5-14)8(17)6(4-13)9(11)15-2/h4-5,8,17H,3,13-14H2,1-2H3. The Morgan fingerprint density at radius 1 is 1.41 bits per heavy atom. The molecule has 0 aliphatic carbocycles. The average molecular weight is 415 g/mol. The van der Waals surface area contributed by atoms with E-state index in [0.717, 1.165) is 0 Å². The van der Waals surface area contributed by atoms with E-state index in [1.807, 2.05) is 29.5 Å². The highest BCUT2D eigenvalue weighted by Gasteiger charge is 2.21. The van der Waals surface area contributed by atoms with E-state index in [4.69, 9.17) is 11.5 Å². The molecule has 0 aliphatic rings. The van der Waals surface area contributed by atoms with Gasteiger partial charge < -0.3 is 16.6 Å². The zero-order chi connectivity index (χ0) is 13.4. The first-order valence-electron chi connectivity index (χ1n) is 4.88. The number of halogens is 2. The molecule has 1 unspecified atom stereocenters. The van der Waals surface area contributed by atoms with Gasteiger partial charge in [-0.15, -0.1) is 0 Å².